The molecule has 0 amide bonds. The van der Waals surface area contributed by atoms with Crippen molar-refractivity contribution < 1.29 is 9.90 Å². The van der Waals surface area contributed by atoms with Crippen molar-refractivity contribution in [3.05, 3.63) is 126 Å². The average Bonchev–Trinajstić information content (AvgIpc) is 3.29. The lowest BCUT2D eigenvalue weighted by molar-refractivity contribution is -0.139. The van der Waals surface area contributed by atoms with Crippen LogP contribution in [0.15, 0.2) is 104 Å². The zero-order valence-corrected chi connectivity index (χ0v) is 17.3. The predicted molar refractivity (Wildman–Crippen MR) is 121 cm³/mol. The number of benzene rings is 3. The number of rotatable bonds is 8. The predicted octanol–water partition coefficient (Wildman–Crippen LogP) is 3.94. The number of nitrogens with one attached hydrogen (secondary N) is 1. The van der Waals surface area contributed by atoms with E-state index in [0.29, 0.717) is 12.1 Å². The minimum Gasteiger partial charge on any atom is -0.480 e. The van der Waals surface area contributed by atoms with Gasteiger partial charge < -0.3 is 15.0 Å². The second-order valence-electron chi connectivity index (χ2n) is 7.46. The van der Waals surface area contributed by atoms with Gasteiger partial charge in [-0.15, -0.1) is 0 Å². The zero-order valence-electron chi connectivity index (χ0n) is 17.3. The minimum atomic E-state index is -0.891. The molecule has 0 saturated heterocycles. The van der Waals surface area contributed by atoms with Gasteiger partial charge in [-0.3, -0.25) is 4.79 Å². The smallest absolute Gasteiger partial charge is 0.321 e. The molecular weight excluding hydrogens is 386 g/mol. The van der Waals surface area contributed by atoms with Crippen LogP contribution in [-0.2, 0) is 16.8 Å². The molecule has 0 bridgehead atoms. The van der Waals surface area contributed by atoms with Crippen molar-refractivity contribution in [1.29, 1.82) is 0 Å². The highest BCUT2D eigenvalue weighted by Crippen LogP contribution is 2.40. The highest BCUT2D eigenvalue weighted by atomic mass is 16.4. The monoisotopic (exact) mass is 411 g/mol. The van der Waals surface area contributed by atoms with Crippen LogP contribution in [0.4, 0.5) is 0 Å². The first kappa shape index (κ1) is 20.6. The first-order valence-electron chi connectivity index (χ1n) is 10.3. The van der Waals surface area contributed by atoms with E-state index in [1.54, 1.807) is 13.4 Å². The lowest BCUT2D eigenvalue weighted by Gasteiger charge is -2.37. The molecule has 5 heteroatoms. The molecule has 3 aromatic carbocycles. The summed E-state index contributed by atoms with van der Waals surface area (Å²) in [6, 6.07) is 30.3. The van der Waals surface area contributed by atoms with Crippen LogP contribution in [0.25, 0.3) is 0 Å². The van der Waals surface area contributed by atoms with Gasteiger partial charge in [0.25, 0.3) is 0 Å². The van der Waals surface area contributed by atoms with Gasteiger partial charge in [-0.05, 0) is 23.7 Å². The molecule has 31 heavy (non-hydrogen) atoms. The number of likely N-dealkylation sites (N-methyl/N-ethyl adjacent to an activating group) is 1. The summed E-state index contributed by atoms with van der Waals surface area (Å²) in [6.45, 7) is 0. The van der Waals surface area contributed by atoms with Crippen LogP contribution in [0.3, 0.4) is 0 Å². The number of aromatic nitrogens is 2. The molecule has 0 aliphatic rings. The van der Waals surface area contributed by atoms with Crippen LogP contribution < -0.4 is 5.32 Å². The van der Waals surface area contributed by atoms with Gasteiger partial charge in [-0.2, -0.15) is 0 Å². The van der Waals surface area contributed by atoms with Gasteiger partial charge in [0.15, 0.2) is 0 Å². The highest BCUT2D eigenvalue weighted by molar-refractivity contribution is 5.73. The van der Waals surface area contributed by atoms with Crippen molar-refractivity contribution in [2.75, 3.05) is 7.05 Å². The Morgan fingerprint density at radius 3 is 1.74 bits per heavy atom. The maximum atomic E-state index is 11.5. The number of carboxylic acid groups (broad SMARTS) is 1. The molecule has 4 aromatic rings. The number of nitrogens with zero attached hydrogens (tertiary/aromatic N) is 2. The van der Waals surface area contributed by atoms with E-state index in [2.05, 4.69) is 51.3 Å². The molecule has 1 aromatic heterocycles. The summed E-state index contributed by atoms with van der Waals surface area (Å²) < 4.78 is 2.09. The van der Waals surface area contributed by atoms with Gasteiger partial charge in [0.05, 0.1) is 12.0 Å². The van der Waals surface area contributed by atoms with Crippen LogP contribution in [0, 0.1) is 0 Å². The van der Waals surface area contributed by atoms with Crippen molar-refractivity contribution in [3.63, 3.8) is 0 Å². The molecule has 2 N–H and O–H groups in total. The molecule has 0 spiro atoms. The molecule has 0 saturated carbocycles. The molecular formula is C26H25N3O2. The van der Waals surface area contributed by atoms with Crippen molar-refractivity contribution >= 4 is 5.97 Å². The fourth-order valence-electron chi connectivity index (χ4n) is 4.16. The number of imidazole rings is 1. The standard InChI is InChI=1S/C26H25N3O2/c1-27-24(25(30)31)17-23-18-29(19-28-23)26(20-11-5-2-6-12-20,21-13-7-3-8-14-21)22-15-9-4-10-16-22/h2-16,18-19,24,27H,17H2,1H3,(H,30,31)/t24-/m0/s1. The van der Waals surface area contributed by atoms with E-state index >= 15 is 0 Å². The third-order valence-electron chi connectivity index (χ3n) is 5.66. The molecule has 0 radical (unpaired) electrons. The van der Waals surface area contributed by atoms with Crippen LogP contribution >= 0.6 is 0 Å². The van der Waals surface area contributed by atoms with E-state index in [0.717, 1.165) is 16.7 Å². The van der Waals surface area contributed by atoms with Crippen LogP contribution in [0.2, 0.25) is 0 Å². The largest absolute Gasteiger partial charge is 0.480 e. The normalized spacial score (nSPS) is 12.4. The summed E-state index contributed by atoms with van der Waals surface area (Å²) in [6.07, 6.45) is 4.06. The number of hydrogen-bond donors (Lipinski definition) is 2. The molecule has 0 fully saturated rings. The first-order chi connectivity index (χ1) is 15.2. The molecule has 0 aliphatic carbocycles. The summed E-state index contributed by atoms with van der Waals surface area (Å²) in [5.41, 5.74) is 3.36. The van der Waals surface area contributed by atoms with Crippen molar-refractivity contribution in [2.45, 2.75) is 18.0 Å². The topological polar surface area (TPSA) is 67.2 Å². The van der Waals surface area contributed by atoms with E-state index in [4.69, 9.17) is 0 Å². The molecule has 0 unspecified atom stereocenters. The maximum Gasteiger partial charge on any atom is 0.321 e. The third kappa shape index (κ3) is 3.88. The quantitative estimate of drug-likeness (QED) is 0.431. The Morgan fingerprint density at radius 1 is 0.903 bits per heavy atom. The van der Waals surface area contributed by atoms with Gasteiger partial charge in [-0.1, -0.05) is 91.0 Å². The second-order valence-corrected chi connectivity index (χ2v) is 7.46. The second kappa shape index (κ2) is 8.98. The van der Waals surface area contributed by atoms with E-state index in [1.165, 1.54) is 0 Å². The fraction of sp³-hybridized carbons (Fsp3) is 0.154. The molecule has 156 valence electrons. The Bertz CT molecular complexity index is 1030. The Labute approximate surface area is 182 Å². The Hall–Kier alpha value is -3.70. The lowest BCUT2D eigenvalue weighted by Crippen LogP contribution is -2.37. The van der Waals surface area contributed by atoms with E-state index in [-0.39, 0.29) is 0 Å². The van der Waals surface area contributed by atoms with Gasteiger partial charge in [0, 0.05) is 12.6 Å². The molecule has 1 heterocycles. The summed E-state index contributed by atoms with van der Waals surface area (Å²) in [7, 11) is 1.65. The average molecular weight is 412 g/mol. The van der Waals surface area contributed by atoms with Gasteiger partial charge in [-0.25, -0.2) is 4.98 Å². The van der Waals surface area contributed by atoms with Gasteiger partial charge in [0.1, 0.15) is 11.6 Å². The molecule has 5 nitrogen and oxygen atoms in total. The molecule has 4 rings (SSSR count). The van der Waals surface area contributed by atoms with Crippen molar-refractivity contribution in [2.24, 2.45) is 0 Å². The Morgan fingerprint density at radius 2 is 1.35 bits per heavy atom. The van der Waals surface area contributed by atoms with Crippen LogP contribution in [0.1, 0.15) is 22.4 Å². The number of carboxylic acids is 1. The number of carbonyl (C=O) groups is 1. The van der Waals surface area contributed by atoms with Gasteiger partial charge in [0.2, 0.25) is 0 Å². The third-order valence-corrected chi connectivity index (χ3v) is 5.66. The fourth-order valence-corrected chi connectivity index (χ4v) is 4.16. The summed E-state index contributed by atoms with van der Waals surface area (Å²) in [5.74, 6) is -0.891. The summed E-state index contributed by atoms with van der Waals surface area (Å²) in [5, 5.41) is 12.3. The number of hydrogen-bond acceptors (Lipinski definition) is 3. The molecule has 1 atom stereocenters. The summed E-state index contributed by atoms with van der Waals surface area (Å²) in [4.78, 5) is 16.1. The van der Waals surface area contributed by atoms with Gasteiger partial charge >= 0.3 is 5.97 Å². The Kier molecular flexibility index (Phi) is 5.96. The van der Waals surface area contributed by atoms with Crippen molar-refractivity contribution in [3.8, 4) is 0 Å². The highest BCUT2D eigenvalue weighted by Gasteiger charge is 2.38. The number of aliphatic carboxylic acids is 1. The first-order valence-corrected chi connectivity index (χ1v) is 10.3. The summed E-state index contributed by atoms with van der Waals surface area (Å²) >= 11 is 0. The van der Waals surface area contributed by atoms with E-state index in [9.17, 15) is 9.90 Å². The van der Waals surface area contributed by atoms with Crippen LogP contribution in [0.5, 0.6) is 0 Å². The van der Waals surface area contributed by atoms with E-state index < -0.39 is 17.6 Å². The van der Waals surface area contributed by atoms with E-state index in [1.807, 2.05) is 60.8 Å². The van der Waals surface area contributed by atoms with Crippen LogP contribution in [-0.4, -0.2) is 33.7 Å². The maximum absolute atomic E-state index is 11.5. The molecule has 0 aliphatic heterocycles. The zero-order chi connectivity index (χ0) is 21.7. The minimum absolute atomic E-state index is 0.299. The van der Waals surface area contributed by atoms with Crippen molar-refractivity contribution in [1.82, 2.24) is 14.9 Å². The Balaban J connectivity index is 1.95. The lowest BCUT2D eigenvalue weighted by atomic mass is 9.77. The SMILES string of the molecule is CN[C@@H](Cc1cn(C(c2ccccc2)(c2ccccc2)c2ccccc2)cn1)C(=O)O.